The Labute approximate surface area is 110 Å². The Balaban J connectivity index is 2.38. The number of carbonyl (C=O) groups is 1. The van der Waals surface area contributed by atoms with Crippen molar-refractivity contribution >= 4 is 5.91 Å². The molecule has 0 aliphatic heterocycles. The summed E-state index contributed by atoms with van der Waals surface area (Å²) in [4.78, 5) is 16.0. The number of aromatic nitrogens is 1. The van der Waals surface area contributed by atoms with Gasteiger partial charge in [0.1, 0.15) is 0 Å². The molecule has 0 fully saturated rings. The van der Waals surface area contributed by atoms with Gasteiger partial charge < -0.3 is 5.32 Å². The molecule has 1 aromatic heterocycles. The van der Waals surface area contributed by atoms with Crippen LogP contribution in [-0.2, 0) is 11.3 Å². The molecular weight excluding hydrogens is 224 g/mol. The van der Waals surface area contributed by atoms with Crippen LogP contribution in [0.25, 0.3) is 0 Å². The van der Waals surface area contributed by atoms with E-state index in [9.17, 15) is 4.79 Å². The lowest BCUT2D eigenvalue weighted by atomic mass is 9.95. The van der Waals surface area contributed by atoms with Crippen molar-refractivity contribution in [1.82, 2.24) is 10.3 Å². The Bertz CT molecular complexity index is 349. The van der Waals surface area contributed by atoms with E-state index >= 15 is 0 Å². The second-order valence-electron chi connectivity index (χ2n) is 5.15. The molecule has 1 aromatic rings. The molecule has 3 nitrogen and oxygen atoms in total. The van der Waals surface area contributed by atoms with Crippen LogP contribution in [0.4, 0.5) is 0 Å². The molecule has 0 saturated carbocycles. The van der Waals surface area contributed by atoms with E-state index in [1.54, 1.807) is 12.4 Å². The average molecular weight is 248 g/mol. The number of carbonyl (C=O) groups excluding carboxylic acids is 1. The zero-order valence-corrected chi connectivity index (χ0v) is 11.6. The van der Waals surface area contributed by atoms with Crippen LogP contribution in [0, 0.1) is 11.8 Å². The van der Waals surface area contributed by atoms with Crippen LogP contribution >= 0.6 is 0 Å². The molecule has 0 aliphatic carbocycles. The highest BCUT2D eigenvalue weighted by molar-refractivity contribution is 5.78. The summed E-state index contributed by atoms with van der Waals surface area (Å²) in [5.41, 5.74) is 1.09. The predicted molar refractivity (Wildman–Crippen MR) is 73.9 cm³/mol. The van der Waals surface area contributed by atoms with Crippen molar-refractivity contribution in [3.8, 4) is 0 Å². The third kappa shape index (κ3) is 5.30. The molecule has 0 spiro atoms. The largest absolute Gasteiger partial charge is 0.352 e. The highest BCUT2D eigenvalue weighted by Gasteiger charge is 2.16. The van der Waals surface area contributed by atoms with E-state index < -0.39 is 0 Å². The van der Waals surface area contributed by atoms with E-state index in [2.05, 4.69) is 31.1 Å². The monoisotopic (exact) mass is 248 g/mol. The van der Waals surface area contributed by atoms with Gasteiger partial charge in [0, 0.05) is 24.9 Å². The first kappa shape index (κ1) is 14.7. The van der Waals surface area contributed by atoms with Crippen LogP contribution in [0.15, 0.2) is 24.5 Å². The van der Waals surface area contributed by atoms with Crippen LogP contribution in [0.1, 0.15) is 45.6 Å². The molecule has 18 heavy (non-hydrogen) atoms. The van der Waals surface area contributed by atoms with Gasteiger partial charge in [0.25, 0.3) is 0 Å². The molecule has 0 aliphatic rings. The Morgan fingerprint density at radius 1 is 1.28 bits per heavy atom. The molecule has 1 rings (SSSR count). The summed E-state index contributed by atoms with van der Waals surface area (Å²) in [7, 11) is 0. The summed E-state index contributed by atoms with van der Waals surface area (Å²) in [6.45, 7) is 7.07. The van der Waals surface area contributed by atoms with E-state index in [1.165, 1.54) is 0 Å². The number of hydrogen-bond donors (Lipinski definition) is 1. The van der Waals surface area contributed by atoms with E-state index in [0.717, 1.165) is 24.8 Å². The fraction of sp³-hybridized carbons (Fsp3) is 0.600. The van der Waals surface area contributed by atoms with Crippen molar-refractivity contribution in [1.29, 1.82) is 0 Å². The first-order chi connectivity index (χ1) is 8.63. The van der Waals surface area contributed by atoms with Gasteiger partial charge in [-0.25, -0.2) is 0 Å². The summed E-state index contributed by atoms with van der Waals surface area (Å²) in [5.74, 6) is 0.983. The van der Waals surface area contributed by atoms with E-state index in [0.29, 0.717) is 12.5 Å². The van der Waals surface area contributed by atoms with Crippen molar-refractivity contribution in [2.45, 2.75) is 46.6 Å². The van der Waals surface area contributed by atoms with Crippen LogP contribution in [0.3, 0.4) is 0 Å². The fourth-order valence-corrected chi connectivity index (χ4v) is 1.89. The minimum absolute atomic E-state index is 0.147. The van der Waals surface area contributed by atoms with Gasteiger partial charge in [-0.1, -0.05) is 27.2 Å². The number of rotatable bonds is 7. The quantitative estimate of drug-likeness (QED) is 0.805. The van der Waals surface area contributed by atoms with Gasteiger partial charge in [-0.15, -0.1) is 0 Å². The molecule has 1 atom stereocenters. The van der Waals surface area contributed by atoms with Gasteiger partial charge in [0.15, 0.2) is 0 Å². The van der Waals surface area contributed by atoms with Gasteiger partial charge >= 0.3 is 0 Å². The predicted octanol–water partition coefficient (Wildman–Crippen LogP) is 3.16. The fourth-order valence-electron chi connectivity index (χ4n) is 1.89. The zero-order valence-electron chi connectivity index (χ0n) is 11.6. The Kier molecular flexibility index (Phi) is 6.40. The first-order valence-electron chi connectivity index (χ1n) is 6.80. The SMILES string of the molecule is CCC(CCC(C)C)C(=O)NCc1ccncc1. The standard InChI is InChI=1S/C15H24N2O/c1-4-14(6-5-12(2)3)15(18)17-11-13-7-9-16-10-8-13/h7-10,12,14H,4-6,11H2,1-3H3,(H,17,18). The lowest BCUT2D eigenvalue weighted by Crippen LogP contribution is -2.30. The topological polar surface area (TPSA) is 42.0 Å². The summed E-state index contributed by atoms with van der Waals surface area (Å²) < 4.78 is 0. The molecule has 0 bridgehead atoms. The lowest BCUT2D eigenvalue weighted by molar-refractivity contribution is -0.125. The molecule has 1 N–H and O–H groups in total. The Hall–Kier alpha value is -1.38. The molecule has 0 aromatic carbocycles. The maximum absolute atomic E-state index is 12.0. The van der Waals surface area contributed by atoms with Gasteiger partial charge in [0.2, 0.25) is 5.91 Å². The second kappa shape index (κ2) is 7.85. The number of amides is 1. The van der Waals surface area contributed by atoms with Gasteiger partial charge in [-0.05, 0) is 36.5 Å². The second-order valence-corrected chi connectivity index (χ2v) is 5.15. The first-order valence-corrected chi connectivity index (χ1v) is 6.80. The summed E-state index contributed by atoms with van der Waals surface area (Å²) in [6, 6.07) is 3.85. The summed E-state index contributed by atoms with van der Waals surface area (Å²) >= 11 is 0. The third-order valence-corrected chi connectivity index (χ3v) is 3.17. The zero-order chi connectivity index (χ0) is 13.4. The molecule has 1 amide bonds. The van der Waals surface area contributed by atoms with Gasteiger partial charge in [-0.3, -0.25) is 9.78 Å². The van der Waals surface area contributed by atoms with E-state index in [4.69, 9.17) is 0 Å². The number of pyridine rings is 1. The van der Waals surface area contributed by atoms with E-state index in [1.807, 2.05) is 12.1 Å². The average Bonchev–Trinajstić information content (AvgIpc) is 2.38. The highest BCUT2D eigenvalue weighted by Crippen LogP contribution is 2.15. The maximum Gasteiger partial charge on any atom is 0.223 e. The van der Waals surface area contributed by atoms with Crippen molar-refractivity contribution in [2.75, 3.05) is 0 Å². The maximum atomic E-state index is 12.0. The third-order valence-electron chi connectivity index (χ3n) is 3.17. The van der Waals surface area contributed by atoms with Crippen molar-refractivity contribution in [3.63, 3.8) is 0 Å². The van der Waals surface area contributed by atoms with Crippen LogP contribution in [0.5, 0.6) is 0 Å². The Morgan fingerprint density at radius 3 is 2.50 bits per heavy atom. The van der Waals surface area contributed by atoms with E-state index in [-0.39, 0.29) is 11.8 Å². The molecule has 100 valence electrons. The number of nitrogens with one attached hydrogen (secondary N) is 1. The highest BCUT2D eigenvalue weighted by atomic mass is 16.1. The molecular formula is C15H24N2O. The summed E-state index contributed by atoms with van der Waals surface area (Å²) in [6.07, 6.45) is 6.50. The van der Waals surface area contributed by atoms with Crippen molar-refractivity contribution in [2.24, 2.45) is 11.8 Å². The van der Waals surface area contributed by atoms with Crippen molar-refractivity contribution in [3.05, 3.63) is 30.1 Å². The molecule has 0 saturated heterocycles. The van der Waals surface area contributed by atoms with Crippen LogP contribution in [0.2, 0.25) is 0 Å². The normalized spacial score (nSPS) is 12.4. The smallest absolute Gasteiger partial charge is 0.223 e. The van der Waals surface area contributed by atoms with Crippen LogP contribution in [-0.4, -0.2) is 10.9 Å². The number of nitrogens with zero attached hydrogens (tertiary/aromatic N) is 1. The summed E-state index contributed by atoms with van der Waals surface area (Å²) in [5, 5.41) is 3.01. The molecule has 3 heteroatoms. The number of hydrogen-bond acceptors (Lipinski definition) is 2. The molecule has 0 radical (unpaired) electrons. The minimum Gasteiger partial charge on any atom is -0.352 e. The molecule has 1 heterocycles. The molecule has 1 unspecified atom stereocenters. The van der Waals surface area contributed by atoms with Crippen molar-refractivity contribution < 1.29 is 4.79 Å². The van der Waals surface area contributed by atoms with Gasteiger partial charge in [0.05, 0.1) is 0 Å². The minimum atomic E-state index is 0.147. The lowest BCUT2D eigenvalue weighted by Gasteiger charge is -2.16. The Morgan fingerprint density at radius 2 is 1.94 bits per heavy atom. The van der Waals surface area contributed by atoms with Gasteiger partial charge in [-0.2, -0.15) is 0 Å². The van der Waals surface area contributed by atoms with Crippen LogP contribution < -0.4 is 5.32 Å².